The van der Waals surface area contributed by atoms with Crippen LogP contribution in [0.5, 0.6) is 0 Å². The number of sulfonamides is 1. The lowest BCUT2D eigenvalue weighted by Gasteiger charge is -2.06. The largest absolute Gasteiger partial charge is 0.347 e. The van der Waals surface area contributed by atoms with Gasteiger partial charge in [0.15, 0.2) is 0 Å². The highest BCUT2D eigenvalue weighted by atomic mass is 32.2. The highest BCUT2D eigenvalue weighted by Crippen LogP contribution is 2.09. The van der Waals surface area contributed by atoms with Gasteiger partial charge in [0.25, 0.3) is 5.91 Å². The predicted molar refractivity (Wildman–Crippen MR) is 76.9 cm³/mol. The second kappa shape index (κ2) is 5.66. The Morgan fingerprint density at radius 2 is 1.95 bits per heavy atom. The van der Waals surface area contributed by atoms with E-state index in [1.165, 1.54) is 16.8 Å². The van der Waals surface area contributed by atoms with E-state index in [0.29, 0.717) is 5.69 Å². The number of primary sulfonamides is 1. The number of hydrogen-bond acceptors (Lipinski definition) is 4. The Morgan fingerprint density at radius 3 is 2.43 bits per heavy atom. The molecule has 112 valence electrons. The van der Waals surface area contributed by atoms with Crippen LogP contribution in [0.4, 0.5) is 0 Å². The van der Waals surface area contributed by atoms with Crippen molar-refractivity contribution in [1.82, 2.24) is 15.1 Å². The molecule has 0 spiro atoms. The van der Waals surface area contributed by atoms with Crippen molar-refractivity contribution < 1.29 is 13.2 Å². The molecule has 0 saturated carbocycles. The molecule has 1 aromatic heterocycles. The lowest BCUT2D eigenvalue weighted by molar-refractivity contribution is 0.0941. The van der Waals surface area contributed by atoms with E-state index in [1.54, 1.807) is 25.2 Å². The zero-order valence-electron chi connectivity index (χ0n) is 11.7. The Labute approximate surface area is 122 Å². The first kappa shape index (κ1) is 15.2. The number of nitrogens with zero attached hydrogens (tertiary/aromatic N) is 2. The molecule has 7 nitrogen and oxygen atoms in total. The van der Waals surface area contributed by atoms with Crippen molar-refractivity contribution in [3.63, 3.8) is 0 Å². The maximum Gasteiger partial charge on any atom is 0.269 e. The van der Waals surface area contributed by atoms with E-state index in [-0.39, 0.29) is 17.3 Å². The molecule has 8 heteroatoms. The van der Waals surface area contributed by atoms with E-state index in [1.807, 2.05) is 6.92 Å². The van der Waals surface area contributed by atoms with Gasteiger partial charge in [-0.2, -0.15) is 5.10 Å². The molecular formula is C13H16N4O3S. The average molecular weight is 308 g/mol. The van der Waals surface area contributed by atoms with Gasteiger partial charge in [0, 0.05) is 13.6 Å². The van der Waals surface area contributed by atoms with E-state index in [0.717, 1.165) is 11.3 Å². The molecule has 0 aliphatic rings. The van der Waals surface area contributed by atoms with E-state index >= 15 is 0 Å². The number of nitrogens with one attached hydrogen (secondary N) is 1. The zero-order valence-corrected chi connectivity index (χ0v) is 12.5. The van der Waals surface area contributed by atoms with Crippen molar-refractivity contribution in [3.8, 4) is 0 Å². The van der Waals surface area contributed by atoms with E-state index < -0.39 is 10.0 Å². The molecule has 1 amide bonds. The Kier molecular flexibility index (Phi) is 4.10. The summed E-state index contributed by atoms with van der Waals surface area (Å²) in [4.78, 5) is 12.0. The van der Waals surface area contributed by atoms with Crippen LogP contribution in [0.15, 0.2) is 35.2 Å². The Hall–Kier alpha value is -2.19. The highest BCUT2D eigenvalue weighted by molar-refractivity contribution is 7.89. The predicted octanol–water partition coefficient (Wildman–Crippen LogP) is 0.306. The van der Waals surface area contributed by atoms with E-state index in [4.69, 9.17) is 5.14 Å². The van der Waals surface area contributed by atoms with Gasteiger partial charge in [-0.1, -0.05) is 12.1 Å². The Bertz CT molecular complexity index is 763. The number of carbonyl (C=O) groups excluding carboxylic acids is 1. The van der Waals surface area contributed by atoms with Crippen molar-refractivity contribution in [2.24, 2.45) is 12.2 Å². The van der Waals surface area contributed by atoms with Gasteiger partial charge in [-0.25, -0.2) is 13.6 Å². The minimum atomic E-state index is -3.70. The Morgan fingerprint density at radius 1 is 1.33 bits per heavy atom. The third-order valence-corrected chi connectivity index (χ3v) is 3.87. The molecule has 0 saturated heterocycles. The van der Waals surface area contributed by atoms with Gasteiger partial charge < -0.3 is 5.32 Å². The van der Waals surface area contributed by atoms with Gasteiger partial charge in [0.1, 0.15) is 5.69 Å². The standard InChI is InChI=1S/C13H16N4O3S/c1-9-7-12(17(2)16-9)13(18)15-8-10-3-5-11(6-4-10)21(14,19)20/h3-7H,8H2,1-2H3,(H,15,18)(H2,14,19,20). The molecule has 0 unspecified atom stereocenters. The Balaban J connectivity index is 2.03. The van der Waals surface area contributed by atoms with Crippen molar-refractivity contribution in [3.05, 3.63) is 47.3 Å². The van der Waals surface area contributed by atoms with E-state index in [9.17, 15) is 13.2 Å². The van der Waals surface area contributed by atoms with Gasteiger partial charge in [-0.3, -0.25) is 9.48 Å². The van der Waals surface area contributed by atoms with Crippen LogP contribution in [-0.2, 0) is 23.6 Å². The fourth-order valence-corrected chi connectivity index (χ4v) is 2.41. The molecule has 2 rings (SSSR count). The van der Waals surface area contributed by atoms with E-state index in [2.05, 4.69) is 10.4 Å². The van der Waals surface area contributed by atoms with Crippen molar-refractivity contribution in [1.29, 1.82) is 0 Å². The van der Waals surface area contributed by atoms with Crippen LogP contribution in [0.25, 0.3) is 0 Å². The molecule has 1 aromatic carbocycles. The third-order valence-electron chi connectivity index (χ3n) is 2.94. The molecule has 0 aliphatic carbocycles. The number of hydrogen-bond donors (Lipinski definition) is 2. The van der Waals surface area contributed by atoms with Crippen LogP contribution in [0.3, 0.4) is 0 Å². The van der Waals surface area contributed by atoms with Gasteiger partial charge in [-0.05, 0) is 30.7 Å². The second-order valence-electron chi connectivity index (χ2n) is 4.67. The summed E-state index contributed by atoms with van der Waals surface area (Å²) < 4.78 is 23.8. The maximum atomic E-state index is 12.0. The number of aryl methyl sites for hydroxylation is 2. The molecule has 21 heavy (non-hydrogen) atoms. The number of nitrogens with two attached hydrogens (primary N) is 1. The first-order valence-corrected chi connectivity index (χ1v) is 7.72. The lowest BCUT2D eigenvalue weighted by Crippen LogP contribution is -2.25. The fraction of sp³-hybridized carbons (Fsp3) is 0.231. The van der Waals surface area contributed by atoms with Crippen LogP contribution in [0.1, 0.15) is 21.7 Å². The lowest BCUT2D eigenvalue weighted by atomic mass is 10.2. The normalized spacial score (nSPS) is 11.4. The molecule has 0 bridgehead atoms. The van der Waals surface area contributed by atoms with Crippen LogP contribution in [0.2, 0.25) is 0 Å². The average Bonchev–Trinajstić information content (AvgIpc) is 2.74. The van der Waals surface area contributed by atoms with Gasteiger partial charge in [0.05, 0.1) is 10.6 Å². The minimum Gasteiger partial charge on any atom is -0.347 e. The smallest absolute Gasteiger partial charge is 0.269 e. The molecule has 0 atom stereocenters. The number of carbonyl (C=O) groups is 1. The molecule has 0 radical (unpaired) electrons. The number of rotatable bonds is 4. The monoisotopic (exact) mass is 308 g/mol. The molecule has 1 heterocycles. The first-order chi connectivity index (χ1) is 9.77. The maximum absolute atomic E-state index is 12.0. The second-order valence-corrected chi connectivity index (χ2v) is 6.23. The number of benzene rings is 1. The third kappa shape index (κ3) is 3.67. The van der Waals surface area contributed by atoms with Crippen LogP contribution in [0, 0.1) is 6.92 Å². The van der Waals surface area contributed by atoms with Gasteiger partial charge in [0.2, 0.25) is 10.0 Å². The van der Waals surface area contributed by atoms with Crippen LogP contribution < -0.4 is 10.5 Å². The molecule has 2 aromatic rings. The van der Waals surface area contributed by atoms with Crippen LogP contribution >= 0.6 is 0 Å². The molecule has 0 fully saturated rings. The molecule has 0 aliphatic heterocycles. The summed E-state index contributed by atoms with van der Waals surface area (Å²) in [6, 6.07) is 7.72. The summed E-state index contributed by atoms with van der Waals surface area (Å²) in [6.07, 6.45) is 0. The number of aromatic nitrogens is 2. The van der Waals surface area contributed by atoms with Crippen molar-refractivity contribution >= 4 is 15.9 Å². The zero-order chi connectivity index (χ0) is 15.6. The first-order valence-electron chi connectivity index (χ1n) is 6.18. The highest BCUT2D eigenvalue weighted by Gasteiger charge is 2.11. The van der Waals surface area contributed by atoms with Crippen molar-refractivity contribution in [2.45, 2.75) is 18.4 Å². The molecule has 3 N–H and O–H groups in total. The summed E-state index contributed by atoms with van der Waals surface area (Å²) in [6.45, 7) is 2.09. The summed E-state index contributed by atoms with van der Waals surface area (Å²) >= 11 is 0. The number of amides is 1. The van der Waals surface area contributed by atoms with Crippen LogP contribution in [-0.4, -0.2) is 24.1 Å². The fourth-order valence-electron chi connectivity index (χ4n) is 1.89. The SMILES string of the molecule is Cc1cc(C(=O)NCc2ccc(S(N)(=O)=O)cc2)n(C)n1. The summed E-state index contributed by atoms with van der Waals surface area (Å²) in [5.41, 5.74) is 2.00. The topological polar surface area (TPSA) is 107 Å². The van der Waals surface area contributed by atoms with Gasteiger partial charge in [-0.15, -0.1) is 0 Å². The summed E-state index contributed by atoms with van der Waals surface area (Å²) in [5, 5.41) is 11.9. The quantitative estimate of drug-likeness (QED) is 0.847. The summed E-state index contributed by atoms with van der Waals surface area (Å²) in [7, 11) is -2.00. The summed E-state index contributed by atoms with van der Waals surface area (Å²) in [5.74, 6) is -0.242. The molecular weight excluding hydrogens is 292 g/mol. The van der Waals surface area contributed by atoms with Gasteiger partial charge >= 0.3 is 0 Å². The van der Waals surface area contributed by atoms with Crippen molar-refractivity contribution in [2.75, 3.05) is 0 Å². The minimum absolute atomic E-state index is 0.0415.